The molecule has 0 unspecified atom stereocenters. The van der Waals surface area contributed by atoms with Gasteiger partial charge in [-0.1, -0.05) is 17.8 Å². The average Bonchev–Trinajstić information content (AvgIpc) is 2.25. The van der Waals surface area contributed by atoms with Gasteiger partial charge < -0.3 is 4.42 Å². The van der Waals surface area contributed by atoms with Crippen molar-refractivity contribution in [1.29, 1.82) is 0 Å². The second-order valence-electron chi connectivity index (χ2n) is 2.77. The molecular formula is C10H8N2O2S. The first-order valence-electron chi connectivity index (χ1n) is 4.30. The molecule has 0 saturated heterocycles. The Hall–Kier alpha value is -1.62. The molecule has 0 aliphatic heterocycles. The van der Waals surface area contributed by atoms with Gasteiger partial charge in [-0.15, -0.1) is 6.58 Å². The van der Waals surface area contributed by atoms with Gasteiger partial charge in [-0.25, -0.2) is 9.78 Å². The maximum atomic E-state index is 11.0. The van der Waals surface area contributed by atoms with E-state index in [9.17, 15) is 4.79 Å². The standard InChI is InChI=1S/C10H8N2O2S/c1-2-5-15-10-11-6-7-3-4-8(13)14-9(7)12-10/h2-4,6H,1,5H2. The van der Waals surface area contributed by atoms with Crippen molar-refractivity contribution >= 4 is 22.9 Å². The van der Waals surface area contributed by atoms with E-state index in [4.69, 9.17) is 4.42 Å². The molecule has 0 amide bonds. The number of hydrogen-bond acceptors (Lipinski definition) is 5. The quantitative estimate of drug-likeness (QED) is 0.449. The second-order valence-corrected chi connectivity index (χ2v) is 3.75. The molecule has 2 heterocycles. The van der Waals surface area contributed by atoms with Crippen LogP contribution in [0, 0.1) is 0 Å². The van der Waals surface area contributed by atoms with Crippen LogP contribution in [-0.2, 0) is 0 Å². The van der Waals surface area contributed by atoms with E-state index < -0.39 is 5.63 Å². The number of nitrogens with zero attached hydrogens (tertiary/aromatic N) is 2. The predicted molar refractivity (Wildman–Crippen MR) is 59.0 cm³/mol. The lowest BCUT2D eigenvalue weighted by atomic mass is 10.4. The highest BCUT2D eigenvalue weighted by atomic mass is 32.2. The first-order chi connectivity index (χ1) is 7.29. The smallest absolute Gasteiger partial charge is 0.337 e. The normalized spacial score (nSPS) is 10.4. The summed E-state index contributed by atoms with van der Waals surface area (Å²) in [5.74, 6) is 0.725. The van der Waals surface area contributed by atoms with Gasteiger partial charge in [-0.05, 0) is 6.07 Å². The number of thioether (sulfide) groups is 1. The molecule has 0 saturated carbocycles. The number of fused-ring (bicyclic) bond motifs is 1. The Balaban J connectivity index is 2.44. The Morgan fingerprint density at radius 3 is 3.20 bits per heavy atom. The zero-order valence-corrected chi connectivity index (χ0v) is 8.66. The highest BCUT2D eigenvalue weighted by Gasteiger charge is 2.01. The molecule has 0 aliphatic carbocycles. The zero-order chi connectivity index (χ0) is 10.7. The molecule has 2 rings (SSSR count). The van der Waals surface area contributed by atoms with Gasteiger partial charge in [0.15, 0.2) is 5.16 Å². The van der Waals surface area contributed by atoms with Gasteiger partial charge in [0.05, 0.1) is 5.39 Å². The molecule has 0 fully saturated rings. The molecular weight excluding hydrogens is 212 g/mol. The van der Waals surface area contributed by atoms with Crippen LogP contribution in [0.3, 0.4) is 0 Å². The highest BCUT2D eigenvalue weighted by Crippen LogP contribution is 2.15. The topological polar surface area (TPSA) is 56.0 Å². The lowest BCUT2D eigenvalue weighted by Crippen LogP contribution is -1.97. The zero-order valence-electron chi connectivity index (χ0n) is 7.84. The van der Waals surface area contributed by atoms with Crippen molar-refractivity contribution in [2.24, 2.45) is 0 Å². The second kappa shape index (κ2) is 4.27. The Labute approximate surface area is 90.0 Å². The fraction of sp³-hybridized carbons (Fsp3) is 0.100. The SMILES string of the molecule is C=CCSc1ncc2ccc(=O)oc2n1. The van der Waals surface area contributed by atoms with E-state index in [1.165, 1.54) is 17.8 Å². The Bertz CT molecular complexity index is 550. The molecule has 2 aromatic heterocycles. The third kappa shape index (κ3) is 2.24. The summed E-state index contributed by atoms with van der Waals surface area (Å²) in [4.78, 5) is 19.2. The Morgan fingerprint density at radius 2 is 2.40 bits per heavy atom. The summed E-state index contributed by atoms with van der Waals surface area (Å²) in [6.45, 7) is 3.60. The largest absolute Gasteiger partial charge is 0.403 e. The van der Waals surface area contributed by atoms with Crippen molar-refractivity contribution in [3.05, 3.63) is 41.4 Å². The molecule has 2 aromatic rings. The van der Waals surface area contributed by atoms with Crippen LogP contribution in [-0.4, -0.2) is 15.7 Å². The minimum Gasteiger partial charge on any atom is -0.403 e. The van der Waals surface area contributed by atoms with Crippen LogP contribution in [0.4, 0.5) is 0 Å². The van der Waals surface area contributed by atoms with Gasteiger partial charge in [0.25, 0.3) is 0 Å². The molecule has 76 valence electrons. The molecule has 0 spiro atoms. The molecule has 0 aliphatic rings. The first kappa shape index (κ1) is 9.92. The van der Waals surface area contributed by atoms with Crippen molar-refractivity contribution < 1.29 is 4.42 Å². The van der Waals surface area contributed by atoms with Crippen LogP contribution in [0.15, 0.2) is 45.4 Å². The molecule has 0 radical (unpaired) electrons. The molecule has 4 nitrogen and oxygen atoms in total. The van der Waals surface area contributed by atoms with Gasteiger partial charge in [0, 0.05) is 18.0 Å². The monoisotopic (exact) mass is 220 g/mol. The highest BCUT2D eigenvalue weighted by molar-refractivity contribution is 7.99. The summed E-state index contributed by atoms with van der Waals surface area (Å²) >= 11 is 1.44. The summed E-state index contributed by atoms with van der Waals surface area (Å²) in [5.41, 5.74) is -0.0788. The van der Waals surface area contributed by atoms with Crippen molar-refractivity contribution in [2.75, 3.05) is 5.75 Å². The third-order valence-corrected chi connectivity index (χ3v) is 2.54. The first-order valence-corrected chi connectivity index (χ1v) is 5.29. The fourth-order valence-electron chi connectivity index (χ4n) is 1.05. The van der Waals surface area contributed by atoms with Gasteiger partial charge in [-0.2, -0.15) is 4.98 Å². The third-order valence-electron chi connectivity index (χ3n) is 1.68. The molecule has 0 aromatic carbocycles. The van der Waals surface area contributed by atoms with Crippen LogP contribution >= 0.6 is 11.8 Å². The van der Waals surface area contributed by atoms with E-state index in [1.807, 2.05) is 0 Å². The molecule has 0 N–H and O–H groups in total. The van der Waals surface area contributed by atoms with E-state index in [1.54, 1.807) is 18.3 Å². The van der Waals surface area contributed by atoms with Crippen molar-refractivity contribution in [1.82, 2.24) is 9.97 Å². The summed E-state index contributed by atoms with van der Waals surface area (Å²) in [6.07, 6.45) is 3.40. The Kier molecular flexibility index (Phi) is 2.82. The summed E-state index contributed by atoms with van der Waals surface area (Å²) in [7, 11) is 0. The van der Waals surface area contributed by atoms with Gasteiger partial charge in [0.2, 0.25) is 5.71 Å². The maximum absolute atomic E-state index is 11.0. The van der Waals surface area contributed by atoms with Gasteiger partial charge in [0.1, 0.15) is 0 Å². The van der Waals surface area contributed by atoms with Crippen LogP contribution in [0.25, 0.3) is 11.1 Å². The number of rotatable bonds is 3. The fourth-order valence-corrected chi connectivity index (χ4v) is 1.59. The van der Waals surface area contributed by atoms with Crippen molar-refractivity contribution in [2.45, 2.75) is 5.16 Å². The van der Waals surface area contributed by atoms with Crippen molar-refractivity contribution in [3.8, 4) is 0 Å². The van der Waals surface area contributed by atoms with E-state index >= 15 is 0 Å². The molecule has 0 bridgehead atoms. The Morgan fingerprint density at radius 1 is 1.53 bits per heavy atom. The summed E-state index contributed by atoms with van der Waals surface area (Å²) in [6, 6.07) is 2.99. The minimum absolute atomic E-state index is 0.323. The van der Waals surface area contributed by atoms with E-state index in [2.05, 4.69) is 16.5 Å². The molecule has 15 heavy (non-hydrogen) atoms. The minimum atomic E-state index is -0.402. The summed E-state index contributed by atoms with van der Waals surface area (Å²) in [5, 5.41) is 1.30. The van der Waals surface area contributed by atoms with Crippen molar-refractivity contribution in [3.63, 3.8) is 0 Å². The average molecular weight is 220 g/mol. The predicted octanol–water partition coefficient (Wildman–Crippen LogP) is 1.86. The van der Waals surface area contributed by atoms with Crippen LogP contribution in [0.2, 0.25) is 0 Å². The van der Waals surface area contributed by atoms with E-state index in [0.29, 0.717) is 10.9 Å². The maximum Gasteiger partial charge on any atom is 0.337 e. The lowest BCUT2D eigenvalue weighted by molar-refractivity contribution is 0.544. The van der Waals surface area contributed by atoms with Crippen LogP contribution < -0.4 is 5.63 Å². The van der Waals surface area contributed by atoms with E-state index in [0.717, 1.165) is 11.1 Å². The molecule has 5 heteroatoms. The van der Waals surface area contributed by atoms with E-state index in [-0.39, 0.29) is 0 Å². The number of aromatic nitrogens is 2. The number of hydrogen-bond donors (Lipinski definition) is 0. The van der Waals surface area contributed by atoms with Gasteiger partial charge in [-0.3, -0.25) is 0 Å². The molecule has 0 atom stereocenters. The summed E-state index contributed by atoms with van der Waals surface area (Å²) < 4.78 is 4.94. The van der Waals surface area contributed by atoms with Gasteiger partial charge >= 0.3 is 5.63 Å². The lowest BCUT2D eigenvalue weighted by Gasteiger charge is -1.97. The van der Waals surface area contributed by atoms with Crippen LogP contribution in [0.1, 0.15) is 0 Å². The van der Waals surface area contributed by atoms with Crippen LogP contribution in [0.5, 0.6) is 0 Å².